The van der Waals surface area contributed by atoms with Crippen LogP contribution in [0.25, 0.3) is 10.9 Å². The van der Waals surface area contributed by atoms with Gasteiger partial charge in [-0.3, -0.25) is 42.3 Å². The summed E-state index contributed by atoms with van der Waals surface area (Å²) in [7, 11) is -4.48. The lowest BCUT2D eigenvalue weighted by atomic mass is 9.98. The molecule has 18 nitrogen and oxygen atoms in total. The molecule has 0 aliphatic rings. The van der Waals surface area contributed by atoms with E-state index >= 15 is 0 Å². The van der Waals surface area contributed by atoms with Crippen molar-refractivity contribution in [3.8, 4) is 5.75 Å². The molecular formula is C68H110N5O13P. The number of fused-ring (bicyclic) bond motifs is 1. The molecule has 1 unspecified atom stereocenters. The molecular weight excluding hydrogens is 1130 g/mol. The molecule has 1 heterocycles. The zero-order chi connectivity index (χ0) is 63.2. The first kappa shape index (κ1) is 75.7. The molecule has 87 heavy (non-hydrogen) atoms. The van der Waals surface area contributed by atoms with E-state index in [0.717, 1.165) is 60.6 Å². The van der Waals surface area contributed by atoms with Crippen LogP contribution in [-0.4, -0.2) is 98.3 Å². The third kappa shape index (κ3) is 35.3. The Bertz CT molecular complexity index is 2440. The van der Waals surface area contributed by atoms with Crippen molar-refractivity contribution in [1.29, 1.82) is 0 Å². The number of benzene rings is 2. The van der Waals surface area contributed by atoms with Gasteiger partial charge in [0.2, 0.25) is 23.6 Å². The highest BCUT2D eigenvalue weighted by molar-refractivity contribution is 7.48. The number of esters is 2. The number of hydrogen-bond acceptors (Lipinski definition) is 13. The van der Waals surface area contributed by atoms with Crippen LogP contribution < -0.4 is 26.0 Å². The van der Waals surface area contributed by atoms with Gasteiger partial charge >= 0.3 is 19.8 Å². The normalized spacial score (nSPS) is 13.4. The van der Waals surface area contributed by atoms with Crippen molar-refractivity contribution >= 4 is 54.3 Å². The number of aromatic nitrogens is 1. The maximum atomic E-state index is 14.0. The summed E-state index contributed by atoms with van der Waals surface area (Å²) in [6.45, 7) is 11.4. The van der Waals surface area contributed by atoms with Crippen molar-refractivity contribution in [1.82, 2.24) is 26.3 Å². The second-order valence-corrected chi connectivity index (χ2v) is 24.8. The molecule has 5 atom stereocenters. The molecule has 0 saturated carbocycles. The van der Waals surface area contributed by atoms with E-state index in [1.54, 1.807) is 6.20 Å². The summed E-state index contributed by atoms with van der Waals surface area (Å²) in [5, 5.41) is 11.6. The maximum absolute atomic E-state index is 14.0. The first-order valence-corrected chi connectivity index (χ1v) is 34.5. The Kier molecular flexibility index (Phi) is 41.3. The fourth-order valence-electron chi connectivity index (χ4n) is 10.1. The van der Waals surface area contributed by atoms with Gasteiger partial charge in [0, 0.05) is 43.4 Å². The molecule has 0 fully saturated rings. The number of unbranched alkanes of at least 4 members (excludes halogenated alkanes) is 24. The van der Waals surface area contributed by atoms with Crippen LogP contribution in [0.1, 0.15) is 232 Å². The van der Waals surface area contributed by atoms with Gasteiger partial charge in [-0.25, -0.2) is 4.57 Å². The molecule has 490 valence electrons. The van der Waals surface area contributed by atoms with E-state index in [-0.39, 0.29) is 64.0 Å². The Morgan fingerprint density at radius 2 is 1.21 bits per heavy atom. The predicted octanol–water partition coefficient (Wildman–Crippen LogP) is 14.3. The van der Waals surface area contributed by atoms with Crippen molar-refractivity contribution in [3.63, 3.8) is 0 Å². The number of aromatic amines is 1. The number of carbonyl (C=O) groups is 6. The highest BCUT2D eigenvalue weighted by Gasteiger charge is 2.32. The fraction of sp³-hybridized carbons (Fsp3) is 0.676. The number of nitrogens with one attached hydrogen (secondary N) is 5. The summed E-state index contributed by atoms with van der Waals surface area (Å²) in [6.07, 6.45) is 33.4. The number of rotatable bonds is 54. The van der Waals surface area contributed by atoms with Gasteiger partial charge < -0.3 is 40.5 Å². The van der Waals surface area contributed by atoms with E-state index in [2.05, 4.69) is 46.7 Å². The SMILES string of the molecule is C=CCOP(=O)(OCCNC(=O)[C@@H](NC(=O)Cc1c[nH]c2ccc(OCc3ccccc3)cc12)[C@@H](C)CC)OC[C@@H](NC(C)=O)C(=O)NC[C@@H](COC(=O)CCCCCCCCCCCCCCC)OC(=O)CCCCCCCCCCCCCCC. The number of hydrogen-bond donors (Lipinski definition) is 5. The quantitative estimate of drug-likeness (QED) is 0.0153. The highest BCUT2D eigenvalue weighted by atomic mass is 31.2. The van der Waals surface area contributed by atoms with Gasteiger partial charge in [0.15, 0.2) is 6.10 Å². The molecule has 0 bridgehead atoms. The van der Waals surface area contributed by atoms with Gasteiger partial charge in [-0.1, -0.05) is 225 Å². The minimum absolute atomic E-state index is 0.00720. The van der Waals surface area contributed by atoms with Crippen molar-refractivity contribution in [2.45, 2.75) is 252 Å². The molecule has 19 heteroatoms. The molecule has 0 aliphatic heterocycles. The Morgan fingerprint density at radius 1 is 0.644 bits per heavy atom. The summed E-state index contributed by atoms with van der Waals surface area (Å²) in [5.74, 6) is -2.76. The lowest BCUT2D eigenvalue weighted by Crippen LogP contribution is -2.51. The number of ether oxygens (including phenoxy) is 3. The molecule has 1 aromatic heterocycles. The zero-order valence-corrected chi connectivity index (χ0v) is 54.6. The smallest absolute Gasteiger partial charge is 0.475 e. The lowest BCUT2D eigenvalue weighted by Gasteiger charge is -2.24. The molecule has 3 rings (SSSR count). The van der Waals surface area contributed by atoms with Gasteiger partial charge in [0.1, 0.15) is 31.0 Å². The third-order valence-corrected chi connectivity index (χ3v) is 16.9. The minimum atomic E-state index is -4.48. The van der Waals surface area contributed by atoms with E-state index in [9.17, 15) is 33.3 Å². The van der Waals surface area contributed by atoms with Crippen LogP contribution in [0.15, 0.2) is 67.4 Å². The number of carbonyl (C=O) groups excluding carboxylic acids is 6. The Hall–Kier alpha value is -5.55. The highest BCUT2D eigenvalue weighted by Crippen LogP contribution is 2.49. The van der Waals surface area contributed by atoms with Crippen LogP contribution in [0.3, 0.4) is 0 Å². The fourth-order valence-corrected chi connectivity index (χ4v) is 11.2. The summed E-state index contributed by atoms with van der Waals surface area (Å²) < 4.78 is 48.0. The van der Waals surface area contributed by atoms with Crippen LogP contribution in [0.2, 0.25) is 0 Å². The van der Waals surface area contributed by atoms with Crippen molar-refractivity contribution in [3.05, 3.63) is 78.5 Å². The molecule has 0 aliphatic carbocycles. The number of phosphoric ester groups is 1. The van der Waals surface area contributed by atoms with Crippen LogP contribution in [0.4, 0.5) is 0 Å². The van der Waals surface area contributed by atoms with Crippen molar-refractivity contribution in [2.24, 2.45) is 5.92 Å². The van der Waals surface area contributed by atoms with E-state index in [1.807, 2.05) is 62.4 Å². The monoisotopic (exact) mass is 1240 g/mol. The first-order chi connectivity index (χ1) is 42.2. The van der Waals surface area contributed by atoms with Crippen LogP contribution in [0.5, 0.6) is 5.75 Å². The van der Waals surface area contributed by atoms with E-state index < -0.39 is 62.3 Å². The van der Waals surface area contributed by atoms with Gasteiger partial charge in [-0.2, -0.15) is 0 Å². The van der Waals surface area contributed by atoms with Crippen molar-refractivity contribution in [2.75, 3.05) is 39.5 Å². The first-order valence-electron chi connectivity index (χ1n) is 33.1. The molecule has 4 amide bonds. The number of H-pyrrole nitrogens is 1. The zero-order valence-electron chi connectivity index (χ0n) is 53.7. The molecule has 5 N–H and O–H groups in total. The summed E-state index contributed by atoms with van der Waals surface area (Å²) in [5.41, 5.74) is 2.58. The third-order valence-electron chi connectivity index (χ3n) is 15.4. The average Bonchev–Trinajstić information content (AvgIpc) is 3.41. The van der Waals surface area contributed by atoms with Crippen molar-refractivity contribution < 1.29 is 61.1 Å². The standard InChI is InChI=1S/C68H110N5O13P/c1-7-11-13-15-17-19-21-23-25-27-29-31-36-40-64(76)82-52-59(86-65(77)41-37-32-30-28-26-24-22-20-18-16-14-12-8-2)50-71-67(78)62(72-55(6)74)53-85-87(80,83-45-9-3)84-46-44-69-68(79)66(54(5)10-4)73-63(75)47-57-49-70-61-43-42-58(48-60(57)61)81-51-56-38-34-33-35-39-56/h9,33-35,38-39,42-43,48-49,54,59,62,66,70H,3,7-8,10-32,36-37,40-41,44-47,50-53H2,1-2,4-6H3,(H,69,79)(H,71,78)(H,72,74)(H,73,75)/t54-,59-,62+,66-,87?/m0/s1. The second kappa shape index (κ2) is 47.5. The van der Waals surface area contributed by atoms with Gasteiger partial charge in [-0.15, -0.1) is 6.58 Å². The molecule has 0 spiro atoms. The molecule has 0 saturated heterocycles. The molecule has 3 aromatic rings. The summed E-state index contributed by atoms with van der Waals surface area (Å²) in [6, 6.07) is 13.1. The predicted molar refractivity (Wildman–Crippen MR) is 345 cm³/mol. The minimum Gasteiger partial charge on any atom is -0.489 e. The van der Waals surface area contributed by atoms with Gasteiger partial charge in [-0.05, 0) is 48.1 Å². The number of amides is 4. The van der Waals surface area contributed by atoms with E-state index in [0.29, 0.717) is 31.6 Å². The van der Waals surface area contributed by atoms with E-state index in [4.69, 9.17) is 27.8 Å². The van der Waals surface area contributed by atoms with Crippen LogP contribution in [-0.2, 0) is 69.4 Å². The van der Waals surface area contributed by atoms with Gasteiger partial charge in [0.05, 0.1) is 32.8 Å². The summed E-state index contributed by atoms with van der Waals surface area (Å²) >= 11 is 0. The molecule has 2 aromatic carbocycles. The van der Waals surface area contributed by atoms with Crippen LogP contribution in [0, 0.1) is 5.92 Å². The Morgan fingerprint density at radius 3 is 1.76 bits per heavy atom. The topological polar surface area (TPSA) is 239 Å². The van der Waals surface area contributed by atoms with Gasteiger partial charge in [0.25, 0.3) is 0 Å². The Balaban J connectivity index is 1.54. The number of phosphoric acid groups is 1. The van der Waals surface area contributed by atoms with E-state index in [1.165, 1.54) is 129 Å². The second-order valence-electron chi connectivity index (χ2n) is 23.1. The molecule has 0 radical (unpaired) electrons. The van der Waals surface area contributed by atoms with Crippen LogP contribution >= 0.6 is 7.82 Å². The largest absolute Gasteiger partial charge is 0.489 e. The Labute approximate surface area is 521 Å². The lowest BCUT2D eigenvalue weighted by molar-refractivity contribution is -0.159. The maximum Gasteiger partial charge on any atom is 0.475 e. The average molecular weight is 1240 g/mol. The summed E-state index contributed by atoms with van der Waals surface area (Å²) in [4.78, 5) is 82.6.